The van der Waals surface area contributed by atoms with Gasteiger partial charge in [0.15, 0.2) is 0 Å². The minimum absolute atomic E-state index is 0.275. The van der Waals surface area contributed by atoms with Gasteiger partial charge in [0, 0.05) is 22.6 Å². The molecule has 0 fully saturated rings. The second kappa shape index (κ2) is 6.48. The summed E-state index contributed by atoms with van der Waals surface area (Å²) in [6.45, 7) is 3.27. The zero-order valence-corrected chi connectivity index (χ0v) is 11.0. The topological polar surface area (TPSA) is 32.3 Å². The zero-order valence-electron chi connectivity index (χ0n) is 8.63. The van der Waals surface area contributed by atoms with Crippen LogP contribution < -0.4 is 5.32 Å². The van der Waals surface area contributed by atoms with Crippen LogP contribution in [0.25, 0.3) is 0 Å². The number of aliphatic hydroxyl groups excluding tert-OH is 1. The van der Waals surface area contributed by atoms with Crippen molar-refractivity contribution < 1.29 is 5.11 Å². The fourth-order valence-electron chi connectivity index (χ4n) is 1.20. The zero-order chi connectivity index (χ0) is 11.3. The van der Waals surface area contributed by atoms with Gasteiger partial charge >= 0.3 is 0 Å². The van der Waals surface area contributed by atoms with Gasteiger partial charge in [-0.3, -0.25) is 0 Å². The second-order valence-electron chi connectivity index (χ2n) is 3.43. The normalized spacial score (nSPS) is 12.8. The van der Waals surface area contributed by atoms with Gasteiger partial charge in [0.1, 0.15) is 0 Å². The summed E-state index contributed by atoms with van der Waals surface area (Å²) in [5.41, 5.74) is 1.10. The highest BCUT2D eigenvalue weighted by Crippen LogP contribution is 2.20. The Morgan fingerprint density at radius 3 is 2.93 bits per heavy atom. The summed E-state index contributed by atoms with van der Waals surface area (Å²) < 4.78 is 1.03. The summed E-state index contributed by atoms with van der Waals surface area (Å²) in [6.07, 6.45) is 0.493. The monoisotopic (exact) mass is 291 g/mol. The van der Waals surface area contributed by atoms with E-state index < -0.39 is 0 Å². The summed E-state index contributed by atoms with van der Waals surface area (Å²) in [5.74, 6) is 0. The van der Waals surface area contributed by atoms with Gasteiger partial charge in [0.25, 0.3) is 0 Å². The van der Waals surface area contributed by atoms with Gasteiger partial charge in [-0.2, -0.15) is 0 Å². The Hall–Kier alpha value is -0.0900. The summed E-state index contributed by atoms with van der Waals surface area (Å²) in [6, 6.07) is 5.68. The van der Waals surface area contributed by atoms with Crippen LogP contribution in [0.2, 0.25) is 5.02 Å². The van der Waals surface area contributed by atoms with E-state index in [1.165, 1.54) is 0 Å². The molecule has 2 N–H and O–H groups in total. The van der Waals surface area contributed by atoms with Gasteiger partial charge in [0.2, 0.25) is 0 Å². The Morgan fingerprint density at radius 1 is 1.53 bits per heavy atom. The molecule has 0 aliphatic heterocycles. The molecule has 0 saturated heterocycles. The molecule has 0 aliphatic carbocycles. The number of hydrogen-bond acceptors (Lipinski definition) is 2. The van der Waals surface area contributed by atoms with Crippen LogP contribution >= 0.6 is 27.5 Å². The molecule has 84 valence electrons. The van der Waals surface area contributed by atoms with Crippen LogP contribution in [0.15, 0.2) is 22.7 Å². The van der Waals surface area contributed by atoms with Gasteiger partial charge in [-0.25, -0.2) is 0 Å². The number of rotatable bonds is 5. The fraction of sp³-hybridized carbons (Fsp3) is 0.455. The van der Waals surface area contributed by atoms with Crippen LogP contribution in [-0.4, -0.2) is 17.8 Å². The minimum atomic E-state index is -0.275. The molecule has 1 unspecified atom stereocenters. The highest BCUT2D eigenvalue weighted by molar-refractivity contribution is 9.10. The Labute approximate surface area is 104 Å². The van der Waals surface area contributed by atoms with Crippen LogP contribution in [0.1, 0.15) is 18.9 Å². The largest absolute Gasteiger partial charge is 0.392 e. The van der Waals surface area contributed by atoms with Gasteiger partial charge in [-0.15, -0.1) is 0 Å². The molecule has 4 heteroatoms. The van der Waals surface area contributed by atoms with E-state index in [1.807, 2.05) is 25.1 Å². The molecule has 0 amide bonds. The molecule has 0 radical (unpaired) electrons. The minimum Gasteiger partial charge on any atom is -0.392 e. The summed E-state index contributed by atoms with van der Waals surface area (Å²) in [4.78, 5) is 0. The average molecular weight is 293 g/mol. The van der Waals surface area contributed by atoms with Gasteiger partial charge in [0.05, 0.1) is 6.10 Å². The molecular weight excluding hydrogens is 277 g/mol. The number of halogens is 2. The van der Waals surface area contributed by atoms with E-state index in [0.717, 1.165) is 21.5 Å². The van der Waals surface area contributed by atoms with E-state index in [-0.39, 0.29) is 6.10 Å². The van der Waals surface area contributed by atoms with Crippen molar-refractivity contribution in [2.75, 3.05) is 6.54 Å². The standard InChI is InChI=1S/C11H15BrClNO/c1-2-10(15)7-14-6-8-5-9(13)3-4-11(8)12/h3-5,10,14-15H,2,6-7H2,1H3. The smallest absolute Gasteiger partial charge is 0.0662 e. The predicted octanol–water partition coefficient (Wildman–Crippen LogP) is 2.96. The molecule has 1 aromatic rings. The fourth-order valence-corrected chi connectivity index (χ4v) is 1.78. The van der Waals surface area contributed by atoms with Crippen LogP contribution in [-0.2, 0) is 6.54 Å². The Kier molecular flexibility index (Phi) is 5.61. The van der Waals surface area contributed by atoms with Crippen molar-refractivity contribution in [1.82, 2.24) is 5.32 Å². The maximum Gasteiger partial charge on any atom is 0.0662 e. The molecule has 1 rings (SSSR count). The van der Waals surface area contributed by atoms with E-state index in [9.17, 15) is 5.11 Å². The van der Waals surface area contributed by atoms with Crippen molar-refractivity contribution in [3.05, 3.63) is 33.3 Å². The van der Waals surface area contributed by atoms with E-state index in [0.29, 0.717) is 13.1 Å². The molecular formula is C11H15BrClNO. The molecule has 1 atom stereocenters. The molecule has 0 heterocycles. The number of nitrogens with one attached hydrogen (secondary N) is 1. The van der Waals surface area contributed by atoms with Crippen LogP contribution in [0, 0.1) is 0 Å². The third-order valence-corrected chi connectivity index (χ3v) is 3.18. The predicted molar refractivity (Wildman–Crippen MR) is 67.2 cm³/mol. The molecule has 0 aromatic heterocycles. The molecule has 0 spiro atoms. The third-order valence-electron chi connectivity index (χ3n) is 2.17. The maximum atomic E-state index is 9.36. The molecule has 1 aromatic carbocycles. The van der Waals surface area contributed by atoms with Gasteiger partial charge in [-0.1, -0.05) is 34.5 Å². The van der Waals surface area contributed by atoms with E-state index in [2.05, 4.69) is 21.2 Å². The van der Waals surface area contributed by atoms with Gasteiger partial charge < -0.3 is 10.4 Å². The second-order valence-corrected chi connectivity index (χ2v) is 4.72. The SMILES string of the molecule is CCC(O)CNCc1cc(Cl)ccc1Br. The first-order valence-corrected chi connectivity index (χ1v) is 6.13. The quantitative estimate of drug-likeness (QED) is 0.874. The van der Waals surface area contributed by atoms with E-state index in [4.69, 9.17) is 11.6 Å². The molecule has 0 saturated carbocycles. The lowest BCUT2D eigenvalue weighted by molar-refractivity contribution is 0.167. The Morgan fingerprint density at radius 2 is 2.27 bits per heavy atom. The van der Waals surface area contributed by atoms with Crippen molar-refractivity contribution >= 4 is 27.5 Å². The van der Waals surface area contributed by atoms with Crippen LogP contribution in [0.3, 0.4) is 0 Å². The van der Waals surface area contributed by atoms with E-state index in [1.54, 1.807) is 0 Å². The summed E-state index contributed by atoms with van der Waals surface area (Å²) in [5, 5.41) is 13.3. The van der Waals surface area contributed by atoms with Crippen LogP contribution in [0.5, 0.6) is 0 Å². The van der Waals surface area contributed by atoms with Crippen LogP contribution in [0.4, 0.5) is 0 Å². The maximum absolute atomic E-state index is 9.36. The van der Waals surface area contributed by atoms with Crippen molar-refractivity contribution in [1.29, 1.82) is 0 Å². The molecule has 0 bridgehead atoms. The highest BCUT2D eigenvalue weighted by atomic mass is 79.9. The number of benzene rings is 1. The lowest BCUT2D eigenvalue weighted by Crippen LogP contribution is -2.25. The Bertz CT molecular complexity index is 319. The van der Waals surface area contributed by atoms with Crippen molar-refractivity contribution in [2.45, 2.75) is 26.0 Å². The third kappa shape index (κ3) is 4.51. The Balaban J connectivity index is 2.46. The van der Waals surface area contributed by atoms with Crippen molar-refractivity contribution in [3.8, 4) is 0 Å². The van der Waals surface area contributed by atoms with Crippen molar-refractivity contribution in [2.24, 2.45) is 0 Å². The summed E-state index contributed by atoms with van der Waals surface area (Å²) >= 11 is 9.34. The number of aliphatic hydroxyl groups is 1. The first-order valence-electron chi connectivity index (χ1n) is 4.96. The molecule has 2 nitrogen and oxygen atoms in total. The van der Waals surface area contributed by atoms with Crippen molar-refractivity contribution in [3.63, 3.8) is 0 Å². The summed E-state index contributed by atoms with van der Waals surface area (Å²) in [7, 11) is 0. The average Bonchev–Trinajstić information content (AvgIpc) is 2.23. The van der Waals surface area contributed by atoms with Gasteiger partial charge in [-0.05, 0) is 30.2 Å². The first-order chi connectivity index (χ1) is 7.13. The molecule has 15 heavy (non-hydrogen) atoms. The lowest BCUT2D eigenvalue weighted by atomic mass is 10.2. The first kappa shape index (κ1) is 13.0. The highest BCUT2D eigenvalue weighted by Gasteiger charge is 2.03. The molecule has 0 aliphatic rings. The van der Waals surface area contributed by atoms with E-state index >= 15 is 0 Å². The number of hydrogen-bond donors (Lipinski definition) is 2. The lowest BCUT2D eigenvalue weighted by Gasteiger charge is -2.10.